The highest BCUT2D eigenvalue weighted by atomic mass is 32.1. The molecule has 112 valence electrons. The van der Waals surface area contributed by atoms with Gasteiger partial charge in [0.1, 0.15) is 10.6 Å². The van der Waals surface area contributed by atoms with Crippen molar-refractivity contribution in [1.29, 1.82) is 0 Å². The van der Waals surface area contributed by atoms with Gasteiger partial charge >= 0.3 is 6.61 Å². The van der Waals surface area contributed by atoms with Gasteiger partial charge in [0.15, 0.2) is 0 Å². The SMILES string of the molecule is Cc1cc(OC(F)F)c(C(=O)NCC2CCCNC2)s1. The molecule has 1 amide bonds. The first kappa shape index (κ1) is 15.2. The molecule has 2 rings (SSSR count). The average Bonchev–Trinajstić information content (AvgIpc) is 2.77. The van der Waals surface area contributed by atoms with Crippen LogP contribution in [0.15, 0.2) is 6.07 Å². The fourth-order valence-corrected chi connectivity index (χ4v) is 3.11. The Morgan fingerprint density at radius 1 is 1.65 bits per heavy atom. The van der Waals surface area contributed by atoms with Gasteiger partial charge in [-0.1, -0.05) is 0 Å². The van der Waals surface area contributed by atoms with Crippen LogP contribution >= 0.6 is 11.3 Å². The van der Waals surface area contributed by atoms with Gasteiger partial charge < -0.3 is 15.4 Å². The van der Waals surface area contributed by atoms with E-state index in [0.29, 0.717) is 12.5 Å². The summed E-state index contributed by atoms with van der Waals surface area (Å²) in [6.07, 6.45) is 2.16. The summed E-state index contributed by atoms with van der Waals surface area (Å²) < 4.78 is 29.0. The van der Waals surface area contributed by atoms with E-state index in [9.17, 15) is 13.6 Å². The summed E-state index contributed by atoms with van der Waals surface area (Å²) in [5, 5.41) is 6.07. The molecule has 0 aliphatic carbocycles. The first-order valence-electron chi connectivity index (χ1n) is 6.60. The molecule has 4 nitrogen and oxygen atoms in total. The highest BCUT2D eigenvalue weighted by Gasteiger charge is 2.20. The van der Waals surface area contributed by atoms with Crippen LogP contribution in [0.4, 0.5) is 8.78 Å². The van der Waals surface area contributed by atoms with Crippen molar-refractivity contribution in [3.8, 4) is 5.75 Å². The molecule has 0 aromatic carbocycles. The molecule has 20 heavy (non-hydrogen) atoms. The van der Waals surface area contributed by atoms with Gasteiger partial charge in [-0.15, -0.1) is 11.3 Å². The Balaban J connectivity index is 1.94. The molecular weight excluding hydrogens is 286 g/mol. The fraction of sp³-hybridized carbons (Fsp3) is 0.615. The molecule has 0 radical (unpaired) electrons. The van der Waals surface area contributed by atoms with Crippen molar-refractivity contribution in [3.63, 3.8) is 0 Å². The van der Waals surface area contributed by atoms with E-state index in [0.717, 1.165) is 30.8 Å². The number of aryl methyl sites for hydroxylation is 1. The smallest absolute Gasteiger partial charge is 0.387 e. The van der Waals surface area contributed by atoms with Gasteiger partial charge in [-0.05, 0) is 44.8 Å². The largest absolute Gasteiger partial charge is 0.433 e. The number of halogens is 2. The number of alkyl halides is 2. The van der Waals surface area contributed by atoms with Crippen LogP contribution < -0.4 is 15.4 Å². The second-order valence-electron chi connectivity index (χ2n) is 4.85. The minimum Gasteiger partial charge on any atom is -0.433 e. The van der Waals surface area contributed by atoms with Gasteiger partial charge in [0.2, 0.25) is 0 Å². The number of hydrogen-bond donors (Lipinski definition) is 2. The molecule has 1 aliphatic rings. The average molecular weight is 304 g/mol. The lowest BCUT2D eigenvalue weighted by atomic mass is 10.00. The Bertz CT molecular complexity index is 459. The summed E-state index contributed by atoms with van der Waals surface area (Å²) in [5.74, 6) is 0.0133. The van der Waals surface area contributed by atoms with E-state index in [1.165, 1.54) is 17.4 Å². The minimum absolute atomic E-state index is 0.0400. The molecule has 0 saturated carbocycles. The van der Waals surface area contributed by atoms with Crippen LogP contribution in [0, 0.1) is 12.8 Å². The molecule has 1 saturated heterocycles. The zero-order valence-corrected chi connectivity index (χ0v) is 12.1. The van der Waals surface area contributed by atoms with Crippen molar-refractivity contribution in [1.82, 2.24) is 10.6 Å². The minimum atomic E-state index is -2.92. The van der Waals surface area contributed by atoms with E-state index < -0.39 is 6.61 Å². The van der Waals surface area contributed by atoms with Crippen LogP contribution in [-0.2, 0) is 0 Å². The summed E-state index contributed by atoms with van der Waals surface area (Å²) in [4.78, 5) is 13.0. The zero-order chi connectivity index (χ0) is 14.5. The number of rotatable bonds is 5. The van der Waals surface area contributed by atoms with E-state index in [4.69, 9.17) is 0 Å². The highest BCUT2D eigenvalue weighted by Crippen LogP contribution is 2.30. The molecule has 1 atom stereocenters. The monoisotopic (exact) mass is 304 g/mol. The predicted molar refractivity (Wildman–Crippen MR) is 73.6 cm³/mol. The maximum atomic E-state index is 12.3. The third-order valence-electron chi connectivity index (χ3n) is 3.19. The molecule has 2 N–H and O–H groups in total. The van der Waals surface area contributed by atoms with Crippen LogP contribution in [0.25, 0.3) is 0 Å². The number of hydrogen-bond acceptors (Lipinski definition) is 4. The van der Waals surface area contributed by atoms with Crippen LogP contribution in [0.2, 0.25) is 0 Å². The third-order valence-corrected chi connectivity index (χ3v) is 4.22. The summed E-state index contributed by atoms with van der Waals surface area (Å²) in [7, 11) is 0. The second kappa shape index (κ2) is 6.99. The summed E-state index contributed by atoms with van der Waals surface area (Å²) >= 11 is 1.17. The third kappa shape index (κ3) is 4.14. The van der Waals surface area contributed by atoms with Gasteiger partial charge in [0, 0.05) is 11.4 Å². The van der Waals surface area contributed by atoms with Gasteiger partial charge in [0.05, 0.1) is 0 Å². The molecule has 1 aromatic rings. The number of ether oxygens (including phenoxy) is 1. The van der Waals surface area contributed by atoms with Crippen LogP contribution in [0.5, 0.6) is 5.75 Å². The molecule has 1 unspecified atom stereocenters. The van der Waals surface area contributed by atoms with Crippen molar-refractivity contribution in [2.45, 2.75) is 26.4 Å². The first-order chi connectivity index (χ1) is 9.56. The maximum absolute atomic E-state index is 12.3. The normalized spacial score (nSPS) is 19.1. The van der Waals surface area contributed by atoms with Crippen molar-refractivity contribution in [2.24, 2.45) is 5.92 Å². The van der Waals surface area contributed by atoms with Crippen LogP contribution in [-0.4, -0.2) is 32.2 Å². The Morgan fingerprint density at radius 3 is 3.10 bits per heavy atom. The molecular formula is C13H18F2N2O2S. The van der Waals surface area contributed by atoms with Crippen LogP contribution in [0.3, 0.4) is 0 Å². The molecule has 1 aliphatic heterocycles. The van der Waals surface area contributed by atoms with Crippen molar-refractivity contribution < 1.29 is 18.3 Å². The Hall–Kier alpha value is -1.21. The molecule has 0 spiro atoms. The lowest BCUT2D eigenvalue weighted by Crippen LogP contribution is -2.38. The van der Waals surface area contributed by atoms with Gasteiger partial charge in [-0.2, -0.15) is 8.78 Å². The van der Waals surface area contributed by atoms with Gasteiger partial charge in [-0.3, -0.25) is 4.79 Å². The maximum Gasteiger partial charge on any atom is 0.387 e. The summed E-state index contributed by atoms with van der Waals surface area (Å²) in [6.45, 7) is 1.28. The molecule has 7 heteroatoms. The van der Waals surface area contributed by atoms with E-state index in [-0.39, 0.29) is 16.5 Å². The number of carbonyl (C=O) groups is 1. The Labute approximate surface area is 120 Å². The van der Waals surface area contributed by atoms with E-state index in [2.05, 4.69) is 15.4 Å². The van der Waals surface area contributed by atoms with Crippen LogP contribution in [0.1, 0.15) is 27.4 Å². The lowest BCUT2D eigenvalue weighted by Gasteiger charge is -2.22. The van der Waals surface area contributed by atoms with Crippen molar-refractivity contribution in [3.05, 3.63) is 15.8 Å². The summed E-state index contributed by atoms with van der Waals surface area (Å²) in [5.41, 5.74) is 0. The fourth-order valence-electron chi connectivity index (χ4n) is 2.25. The molecule has 1 fully saturated rings. The Morgan fingerprint density at radius 2 is 2.45 bits per heavy atom. The summed E-state index contributed by atoms with van der Waals surface area (Å²) in [6, 6.07) is 1.47. The first-order valence-corrected chi connectivity index (χ1v) is 7.42. The Kier molecular flexibility index (Phi) is 5.31. The number of nitrogens with one attached hydrogen (secondary N) is 2. The zero-order valence-electron chi connectivity index (χ0n) is 11.2. The quantitative estimate of drug-likeness (QED) is 0.878. The molecule has 0 bridgehead atoms. The molecule has 1 aromatic heterocycles. The van der Waals surface area contributed by atoms with E-state index >= 15 is 0 Å². The topological polar surface area (TPSA) is 50.4 Å². The van der Waals surface area contributed by atoms with Crippen molar-refractivity contribution in [2.75, 3.05) is 19.6 Å². The lowest BCUT2D eigenvalue weighted by molar-refractivity contribution is -0.0498. The predicted octanol–water partition coefficient (Wildman–Crippen LogP) is 2.39. The molecule has 2 heterocycles. The number of thiophene rings is 1. The standard InChI is InChI=1S/C13H18F2N2O2S/c1-8-5-10(19-13(14)15)11(20-8)12(18)17-7-9-3-2-4-16-6-9/h5,9,13,16H,2-4,6-7H2,1H3,(H,17,18). The second-order valence-corrected chi connectivity index (χ2v) is 6.11. The number of amides is 1. The van der Waals surface area contributed by atoms with Gasteiger partial charge in [0.25, 0.3) is 5.91 Å². The van der Waals surface area contributed by atoms with E-state index in [1.54, 1.807) is 6.92 Å². The van der Waals surface area contributed by atoms with E-state index in [1.807, 2.05) is 0 Å². The number of carbonyl (C=O) groups excluding carboxylic acids is 1. The van der Waals surface area contributed by atoms with Crippen molar-refractivity contribution >= 4 is 17.2 Å². The highest BCUT2D eigenvalue weighted by molar-refractivity contribution is 7.14. The number of piperidine rings is 1. The van der Waals surface area contributed by atoms with Gasteiger partial charge in [-0.25, -0.2) is 0 Å².